The maximum absolute atomic E-state index is 4.40. The van der Waals surface area contributed by atoms with E-state index in [1.165, 1.54) is 0 Å². The van der Waals surface area contributed by atoms with Crippen molar-refractivity contribution in [2.24, 2.45) is 5.92 Å². The Bertz CT molecular complexity index is 279. The second-order valence-electron chi connectivity index (χ2n) is 5.05. The van der Waals surface area contributed by atoms with E-state index >= 15 is 0 Å². The van der Waals surface area contributed by atoms with Crippen LogP contribution in [0.3, 0.4) is 0 Å². The van der Waals surface area contributed by atoms with Crippen LogP contribution in [0.4, 0.5) is 0 Å². The fraction of sp³-hybridized carbons (Fsp3) is 0.769. The Morgan fingerprint density at radius 2 is 2.12 bits per heavy atom. The molecule has 98 valence electrons. The molecule has 3 nitrogen and oxygen atoms in total. The minimum Gasteiger partial charge on any atom is -0.336 e. The zero-order chi connectivity index (χ0) is 12.7. The highest BCUT2D eigenvalue weighted by molar-refractivity contribution is 7.99. The van der Waals surface area contributed by atoms with Crippen LogP contribution >= 0.6 is 11.8 Å². The monoisotopic (exact) mass is 255 g/mol. The molecule has 0 atom stereocenters. The van der Waals surface area contributed by atoms with Crippen LogP contribution in [-0.2, 0) is 13.1 Å². The summed E-state index contributed by atoms with van der Waals surface area (Å²) in [6, 6.07) is 0. The maximum Gasteiger partial charge on any atom is 0.0950 e. The van der Waals surface area contributed by atoms with Crippen LogP contribution in [0.1, 0.15) is 33.4 Å². The van der Waals surface area contributed by atoms with Gasteiger partial charge in [-0.05, 0) is 17.7 Å². The van der Waals surface area contributed by atoms with E-state index in [4.69, 9.17) is 0 Å². The van der Waals surface area contributed by atoms with Crippen LogP contribution < -0.4 is 5.32 Å². The Kier molecular flexibility index (Phi) is 6.66. The van der Waals surface area contributed by atoms with Crippen LogP contribution in [0.25, 0.3) is 0 Å². The summed E-state index contributed by atoms with van der Waals surface area (Å²) in [6.45, 7) is 11.9. The lowest BCUT2D eigenvalue weighted by atomic mass is 10.2. The summed E-state index contributed by atoms with van der Waals surface area (Å²) in [7, 11) is 0. The Morgan fingerprint density at radius 3 is 2.76 bits per heavy atom. The molecule has 1 heterocycles. The Balaban J connectivity index is 2.23. The van der Waals surface area contributed by atoms with Gasteiger partial charge in [-0.3, -0.25) is 0 Å². The average Bonchev–Trinajstić information content (AvgIpc) is 2.65. The van der Waals surface area contributed by atoms with Gasteiger partial charge in [-0.2, -0.15) is 11.8 Å². The fourth-order valence-electron chi connectivity index (χ4n) is 1.50. The van der Waals surface area contributed by atoms with E-state index < -0.39 is 0 Å². The number of nitrogens with one attached hydrogen (secondary N) is 1. The van der Waals surface area contributed by atoms with E-state index in [0.717, 1.165) is 31.1 Å². The first kappa shape index (κ1) is 14.6. The van der Waals surface area contributed by atoms with E-state index in [1.54, 1.807) is 0 Å². The number of hydrogen-bond acceptors (Lipinski definition) is 3. The predicted molar refractivity (Wildman–Crippen MR) is 76.4 cm³/mol. The molecule has 0 bridgehead atoms. The summed E-state index contributed by atoms with van der Waals surface area (Å²) < 4.78 is 2.18. The molecule has 0 aromatic carbocycles. The highest BCUT2D eigenvalue weighted by Gasteiger charge is 2.00. The van der Waals surface area contributed by atoms with Gasteiger partial charge in [0.2, 0.25) is 0 Å². The molecular weight excluding hydrogens is 230 g/mol. The molecule has 0 unspecified atom stereocenters. The van der Waals surface area contributed by atoms with Gasteiger partial charge in [0, 0.05) is 25.0 Å². The van der Waals surface area contributed by atoms with Gasteiger partial charge >= 0.3 is 0 Å². The predicted octanol–water partition coefficient (Wildman–Crippen LogP) is 2.77. The minimum atomic E-state index is 0.694. The molecular formula is C13H25N3S. The van der Waals surface area contributed by atoms with Crippen LogP contribution in [0.15, 0.2) is 12.5 Å². The third-order valence-electron chi connectivity index (χ3n) is 2.35. The molecule has 0 aliphatic carbocycles. The number of rotatable bonds is 8. The molecule has 17 heavy (non-hydrogen) atoms. The fourth-order valence-corrected chi connectivity index (χ4v) is 2.29. The van der Waals surface area contributed by atoms with Gasteiger partial charge in [0.05, 0.1) is 12.0 Å². The molecule has 1 rings (SSSR count). The van der Waals surface area contributed by atoms with Crippen LogP contribution in [-0.4, -0.2) is 27.1 Å². The van der Waals surface area contributed by atoms with Crippen LogP contribution in [0, 0.1) is 5.92 Å². The lowest BCUT2D eigenvalue weighted by Crippen LogP contribution is -2.19. The molecule has 1 N–H and O–H groups in total. The molecule has 0 amide bonds. The van der Waals surface area contributed by atoms with Crippen molar-refractivity contribution >= 4 is 11.8 Å². The largest absolute Gasteiger partial charge is 0.336 e. The van der Waals surface area contributed by atoms with Crippen LogP contribution in [0.2, 0.25) is 0 Å². The molecule has 0 saturated carbocycles. The van der Waals surface area contributed by atoms with Crippen molar-refractivity contribution < 1.29 is 0 Å². The first-order valence-corrected chi connectivity index (χ1v) is 7.45. The van der Waals surface area contributed by atoms with E-state index in [2.05, 4.69) is 48.8 Å². The minimum absolute atomic E-state index is 0.694. The summed E-state index contributed by atoms with van der Waals surface area (Å²) in [4.78, 5) is 4.40. The third kappa shape index (κ3) is 6.74. The second kappa shape index (κ2) is 7.77. The first-order valence-electron chi connectivity index (χ1n) is 6.41. The van der Waals surface area contributed by atoms with Crippen molar-refractivity contribution in [2.45, 2.75) is 46.0 Å². The Labute approximate surface area is 109 Å². The smallest absolute Gasteiger partial charge is 0.0950 e. The van der Waals surface area contributed by atoms with Crippen molar-refractivity contribution in [3.05, 3.63) is 18.2 Å². The number of nitrogens with zero attached hydrogens (tertiary/aromatic N) is 2. The summed E-state index contributed by atoms with van der Waals surface area (Å²) in [5, 5.41) is 4.12. The molecule has 0 aliphatic rings. The SMILES string of the molecule is CC(C)CNCc1cn(CCSC(C)C)cn1. The van der Waals surface area contributed by atoms with Crippen molar-refractivity contribution in [1.29, 1.82) is 0 Å². The molecule has 0 fully saturated rings. The zero-order valence-electron chi connectivity index (χ0n) is 11.4. The van der Waals surface area contributed by atoms with Gasteiger partial charge < -0.3 is 9.88 Å². The number of aromatic nitrogens is 2. The van der Waals surface area contributed by atoms with Crippen molar-refractivity contribution in [3.8, 4) is 0 Å². The topological polar surface area (TPSA) is 29.9 Å². The van der Waals surface area contributed by atoms with Crippen LogP contribution in [0.5, 0.6) is 0 Å². The van der Waals surface area contributed by atoms with Crippen molar-refractivity contribution in [2.75, 3.05) is 12.3 Å². The molecule has 0 aliphatic heterocycles. The number of thioether (sulfide) groups is 1. The molecule has 1 aromatic heterocycles. The number of aryl methyl sites for hydroxylation is 1. The average molecular weight is 255 g/mol. The van der Waals surface area contributed by atoms with Crippen molar-refractivity contribution in [1.82, 2.24) is 14.9 Å². The van der Waals surface area contributed by atoms with Crippen molar-refractivity contribution in [3.63, 3.8) is 0 Å². The highest BCUT2D eigenvalue weighted by atomic mass is 32.2. The highest BCUT2D eigenvalue weighted by Crippen LogP contribution is 2.09. The van der Waals surface area contributed by atoms with E-state index in [-0.39, 0.29) is 0 Å². The van der Waals surface area contributed by atoms with Gasteiger partial charge in [-0.25, -0.2) is 4.98 Å². The lowest BCUT2D eigenvalue weighted by Gasteiger charge is -2.05. The van der Waals surface area contributed by atoms with E-state index in [1.807, 2.05) is 18.1 Å². The van der Waals surface area contributed by atoms with Gasteiger partial charge in [0.15, 0.2) is 0 Å². The lowest BCUT2D eigenvalue weighted by molar-refractivity contribution is 0.548. The van der Waals surface area contributed by atoms with E-state index in [9.17, 15) is 0 Å². The molecule has 4 heteroatoms. The molecule has 1 aromatic rings. The quantitative estimate of drug-likeness (QED) is 0.774. The summed E-state index contributed by atoms with van der Waals surface area (Å²) in [5.74, 6) is 1.85. The van der Waals surface area contributed by atoms with Gasteiger partial charge in [0.1, 0.15) is 0 Å². The summed E-state index contributed by atoms with van der Waals surface area (Å²) in [5.41, 5.74) is 1.14. The van der Waals surface area contributed by atoms with E-state index in [0.29, 0.717) is 11.2 Å². The van der Waals surface area contributed by atoms with Gasteiger partial charge in [-0.1, -0.05) is 27.7 Å². The summed E-state index contributed by atoms with van der Waals surface area (Å²) >= 11 is 1.99. The number of hydrogen-bond donors (Lipinski definition) is 1. The van der Waals surface area contributed by atoms with Gasteiger partial charge in [0.25, 0.3) is 0 Å². The maximum atomic E-state index is 4.40. The third-order valence-corrected chi connectivity index (χ3v) is 3.43. The summed E-state index contributed by atoms with van der Waals surface area (Å²) in [6.07, 6.45) is 4.08. The normalized spacial score (nSPS) is 11.6. The number of imidazole rings is 1. The molecule has 0 radical (unpaired) electrons. The molecule has 0 spiro atoms. The molecule has 0 saturated heterocycles. The first-order chi connectivity index (χ1) is 8.08. The van der Waals surface area contributed by atoms with Gasteiger partial charge in [-0.15, -0.1) is 0 Å². The second-order valence-corrected chi connectivity index (χ2v) is 6.73. The Morgan fingerprint density at radius 1 is 1.35 bits per heavy atom. The Hall–Kier alpha value is -0.480. The zero-order valence-corrected chi connectivity index (χ0v) is 12.3. The standard InChI is InChI=1S/C13H25N3S/c1-11(2)7-14-8-13-9-16(10-15-13)5-6-17-12(3)4/h9-12,14H,5-8H2,1-4H3.